The molecule has 0 spiro atoms. The van der Waals surface area contributed by atoms with E-state index in [-0.39, 0.29) is 29.6 Å². The van der Waals surface area contributed by atoms with Crippen LogP contribution in [0.2, 0.25) is 0 Å². The number of anilines is 1. The zero-order valence-electron chi connectivity index (χ0n) is 24.5. The van der Waals surface area contributed by atoms with Crippen molar-refractivity contribution in [3.63, 3.8) is 0 Å². The Balaban J connectivity index is 1.84. The van der Waals surface area contributed by atoms with Gasteiger partial charge in [-0.3, -0.25) is 5.32 Å². The average molecular weight is 594 g/mol. The SMILES string of the molecule is COc1ccc(CN(Cc2ccc(OC)cc2)S(=O)(=O)c2cc(NC(=O)OC(C)(C)C)cc3c(OC)nccc23)cc1. The molecule has 1 N–H and O–H groups in total. The maximum absolute atomic E-state index is 14.5. The number of benzene rings is 3. The van der Waals surface area contributed by atoms with E-state index in [0.717, 1.165) is 11.1 Å². The number of hydrogen-bond acceptors (Lipinski definition) is 8. The molecule has 0 saturated heterocycles. The second-order valence-corrected chi connectivity index (χ2v) is 12.4. The minimum absolute atomic E-state index is 0.0196. The molecule has 11 heteroatoms. The number of sulfonamides is 1. The number of fused-ring (bicyclic) bond motifs is 1. The minimum atomic E-state index is -4.18. The van der Waals surface area contributed by atoms with Gasteiger partial charge in [-0.1, -0.05) is 24.3 Å². The summed E-state index contributed by atoms with van der Waals surface area (Å²) in [5.41, 5.74) is 0.997. The number of carbonyl (C=O) groups is 1. The van der Waals surface area contributed by atoms with Gasteiger partial charge in [0, 0.05) is 35.7 Å². The molecular weight excluding hydrogens is 558 g/mol. The van der Waals surface area contributed by atoms with Gasteiger partial charge in [0.05, 0.1) is 26.2 Å². The summed E-state index contributed by atoms with van der Waals surface area (Å²) in [5.74, 6) is 1.54. The number of pyridine rings is 1. The zero-order chi connectivity index (χ0) is 30.5. The highest BCUT2D eigenvalue weighted by Gasteiger charge is 2.29. The quantitative estimate of drug-likeness (QED) is 0.238. The van der Waals surface area contributed by atoms with Crippen LogP contribution in [-0.2, 0) is 27.8 Å². The monoisotopic (exact) mass is 593 g/mol. The molecule has 3 aromatic carbocycles. The molecule has 1 amide bonds. The summed E-state index contributed by atoms with van der Waals surface area (Å²) < 4.78 is 51.8. The van der Waals surface area contributed by atoms with Gasteiger partial charge >= 0.3 is 6.09 Å². The van der Waals surface area contributed by atoms with Crippen LogP contribution in [-0.4, -0.2) is 50.7 Å². The van der Waals surface area contributed by atoms with Crippen LogP contribution < -0.4 is 19.5 Å². The number of carbonyl (C=O) groups excluding carboxylic acids is 1. The molecule has 10 nitrogen and oxygen atoms in total. The van der Waals surface area contributed by atoms with Crippen LogP contribution in [0.5, 0.6) is 17.4 Å². The second kappa shape index (κ2) is 12.7. The molecule has 4 aromatic rings. The third kappa shape index (κ3) is 7.29. The first-order chi connectivity index (χ1) is 19.9. The van der Waals surface area contributed by atoms with Crippen LogP contribution in [0.1, 0.15) is 31.9 Å². The van der Waals surface area contributed by atoms with Gasteiger partial charge in [-0.15, -0.1) is 0 Å². The summed E-state index contributed by atoms with van der Waals surface area (Å²) in [6.45, 7) is 5.38. The Hall–Kier alpha value is -4.35. The van der Waals surface area contributed by atoms with Gasteiger partial charge in [-0.25, -0.2) is 18.2 Å². The highest BCUT2D eigenvalue weighted by atomic mass is 32.2. The van der Waals surface area contributed by atoms with Gasteiger partial charge < -0.3 is 18.9 Å². The maximum Gasteiger partial charge on any atom is 0.412 e. The van der Waals surface area contributed by atoms with Crippen LogP contribution in [0, 0.1) is 0 Å². The lowest BCUT2D eigenvalue weighted by Crippen LogP contribution is -2.31. The summed E-state index contributed by atoms with van der Waals surface area (Å²) in [6.07, 6.45) is 0.764. The fourth-order valence-electron chi connectivity index (χ4n) is 4.33. The number of ether oxygens (including phenoxy) is 4. The summed E-state index contributed by atoms with van der Waals surface area (Å²) in [6, 6.07) is 19.1. The van der Waals surface area contributed by atoms with Crippen molar-refractivity contribution in [1.29, 1.82) is 0 Å². The highest BCUT2D eigenvalue weighted by molar-refractivity contribution is 7.89. The fraction of sp³-hybridized carbons (Fsp3) is 0.290. The predicted octanol–water partition coefficient (Wildman–Crippen LogP) is 6.00. The van der Waals surface area contributed by atoms with Crippen LogP contribution in [0.3, 0.4) is 0 Å². The number of aromatic nitrogens is 1. The molecule has 1 aromatic heterocycles. The third-order valence-electron chi connectivity index (χ3n) is 6.30. The first-order valence-electron chi connectivity index (χ1n) is 13.2. The van der Waals surface area contributed by atoms with Gasteiger partial charge in [0.1, 0.15) is 17.1 Å². The molecule has 0 fully saturated rings. The molecule has 0 unspecified atom stereocenters. The molecular formula is C31H35N3O7S. The highest BCUT2D eigenvalue weighted by Crippen LogP contribution is 2.35. The smallest absolute Gasteiger partial charge is 0.412 e. The van der Waals surface area contributed by atoms with E-state index in [1.807, 2.05) is 24.3 Å². The van der Waals surface area contributed by atoms with Crippen LogP contribution in [0.15, 0.2) is 77.8 Å². The van der Waals surface area contributed by atoms with Crippen LogP contribution in [0.25, 0.3) is 10.8 Å². The lowest BCUT2D eigenvalue weighted by Gasteiger charge is -2.24. The Labute approximate surface area is 246 Å². The second-order valence-electron chi connectivity index (χ2n) is 10.5. The van der Waals surface area contributed by atoms with Crippen molar-refractivity contribution in [1.82, 2.24) is 9.29 Å². The summed E-state index contributed by atoms with van der Waals surface area (Å²) in [7, 11) is 0.412. The van der Waals surface area contributed by atoms with Crippen molar-refractivity contribution in [3.05, 3.63) is 84.1 Å². The van der Waals surface area contributed by atoms with Gasteiger partial charge in [-0.2, -0.15) is 4.31 Å². The Kier molecular flexibility index (Phi) is 9.23. The molecule has 1 heterocycles. The summed E-state index contributed by atoms with van der Waals surface area (Å²) in [4.78, 5) is 16.9. The zero-order valence-corrected chi connectivity index (χ0v) is 25.3. The number of amides is 1. The van der Waals surface area contributed by atoms with E-state index in [1.165, 1.54) is 23.7 Å². The van der Waals surface area contributed by atoms with Crippen molar-refractivity contribution in [2.75, 3.05) is 26.6 Å². The van der Waals surface area contributed by atoms with Gasteiger partial charge in [0.2, 0.25) is 15.9 Å². The molecule has 0 aliphatic rings. The molecule has 0 radical (unpaired) electrons. The normalized spacial score (nSPS) is 11.8. The first-order valence-corrected chi connectivity index (χ1v) is 14.6. The van der Waals surface area contributed by atoms with E-state index >= 15 is 0 Å². The average Bonchev–Trinajstić information content (AvgIpc) is 2.95. The summed E-state index contributed by atoms with van der Waals surface area (Å²) in [5, 5.41) is 3.47. The topological polar surface area (TPSA) is 116 Å². The Bertz CT molecular complexity index is 1600. The number of methoxy groups -OCH3 is 3. The molecule has 0 atom stereocenters. The van der Waals surface area contributed by atoms with Gasteiger partial charge in [0.25, 0.3) is 0 Å². The fourth-order valence-corrected chi connectivity index (χ4v) is 5.98. The third-order valence-corrected chi connectivity index (χ3v) is 8.13. The first kappa shape index (κ1) is 30.6. The van der Waals surface area contributed by atoms with E-state index in [9.17, 15) is 13.2 Å². The largest absolute Gasteiger partial charge is 0.497 e. The van der Waals surface area contributed by atoms with E-state index < -0.39 is 21.7 Å². The number of nitrogens with one attached hydrogen (secondary N) is 1. The van der Waals surface area contributed by atoms with Crippen molar-refractivity contribution >= 4 is 32.6 Å². The van der Waals surface area contributed by atoms with E-state index in [1.54, 1.807) is 71.4 Å². The molecule has 4 rings (SSSR count). The van der Waals surface area contributed by atoms with Crippen LogP contribution in [0.4, 0.5) is 10.5 Å². The Morgan fingerprint density at radius 2 is 1.36 bits per heavy atom. The Morgan fingerprint density at radius 3 is 1.83 bits per heavy atom. The van der Waals surface area contributed by atoms with Gasteiger partial charge in [-0.05, 0) is 74.4 Å². The lowest BCUT2D eigenvalue weighted by atomic mass is 10.1. The molecule has 0 aliphatic heterocycles. The molecule has 0 saturated carbocycles. The van der Waals surface area contributed by atoms with E-state index in [0.29, 0.717) is 22.3 Å². The maximum atomic E-state index is 14.5. The van der Waals surface area contributed by atoms with Crippen molar-refractivity contribution < 1.29 is 32.2 Å². The number of rotatable bonds is 10. The van der Waals surface area contributed by atoms with E-state index in [2.05, 4.69) is 10.3 Å². The predicted molar refractivity (Wildman–Crippen MR) is 161 cm³/mol. The minimum Gasteiger partial charge on any atom is -0.497 e. The lowest BCUT2D eigenvalue weighted by molar-refractivity contribution is 0.0636. The molecule has 0 bridgehead atoms. The standard InChI is InChI=1S/C31H35N3O7S/c1-31(2,3)41-30(35)33-23-17-27-26(15-16-32-29(27)40-6)28(18-23)42(36,37)34(19-21-7-11-24(38-4)12-8-21)20-22-9-13-25(39-5)14-10-22/h7-18H,19-20H2,1-6H3,(H,33,35). The van der Waals surface area contributed by atoms with Gasteiger partial charge in [0.15, 0.2) is 0 Å². The van der Waals surface area contributed by atoms with Crippen molar-refractivity contribution in [3.8, 4) is 17.4 Å². The molecule has 0 aliphatic carbocycles. The number of nitrogens with zero attached hydrogens (tertiary/aromatic N) is 2. The van der Waals surface area contributed by atoms with Crippen molar-refractivity contribution in [2.45, 2.75) is 44.4 Å². The molecule has 222 valence electrons. The van der Waals surface area contributed by atoms with Crippen LogP contribution >= 0.6 is 0 Å². The Morgan fingerprint density at radius 1 is 0.810 bits per heavy atom. The molecule has 42 heavy (non-hydrogen) atoms. The van der Waals surface area contributed by atoms with E-state index in [4.69, 9.17) is 18.9 Å². The summed E-state index contributed by atoms with van der Waals surface area (Å²) >= 11 is 0. The van der Waals surface area contributed by atoms with Crippen molar-refractivity contribution in [2.24, 2.45) is 0 Å². The number of hydrogen-bond donors (Lipinski definition) is 1.